The summed E-state index contributed by atoms with van der Waals surface area (Å²) in [5.74, 6) is -1.34. The molecular formula is C16H24FN3O2. The maximum atomic E-state index is 13.6. The van der Waals surface area contributed by atoms with Gasteiger partial charge in [-0.3, -0.25) is 9.69 Å². The number of nitrogens with one attached hydrogen (secondary N) is 1. The molecule has 1 aromatic carbocycles. The van der Waals surface area contributed by atoms with Crippen LogP contribution in [0.2, 0.25) is 0 Å². The van der Waals surface area contributed by atoms with E-state index >= 15 is 0 Å². The maximum Gasteiger partial charge on any atom is 0.254 e. The van der Waals surface area contributed by atoms with Crippen LogP contribution >= 0.6 is 0 Å². The van der Waals surface area contributed by atoms with Crippen LogP contribution in [0.4, 0.5) is 4.39 Å². The molecule has 1 atom stereocenters. The maximum absolute atomic E-state index is 13.6. The zero-order valence-corrected chi connectivity index (χ0v) is 13.2. The van der Waals surface area contributed by atoms with Crippen LogP contribution in [0.5, 0.6) is 5.75 Å². The van der Waals surface area contributed by atoms with Crippen LogP contribution in [0.25, 0.3) is 0 Å². The molecule has 1 aliphatic rings. The summed E-state index contributed by atoms with van der Waals surface area (Å²) in [6.45, 7) is 9.82. The van der Waals surface area contributed by atoms with Gasteiger partial charge in [0.25, 0.3) is 5.91 Å². The predicted molar refractivity (Wildman–Crippen MR) is 83.5 cm³/mol. The molecule has 22 heavy (non-hydrogen) atoms. The first-order chi connectivity index (χ1) is 10.5. The second-order valence-corrected chi connectivity index (χ2v) is 5.69. The van der Waals surface area contributed by atoms with Gasteiger partial charge < -0.3 is 15.3 Å². The molecule has 1 aromatic rings. The monoisotopic (exact) mass is 309 g/mol. The second kappa shape index (κ2) is 7.56. The fourth-order valence-corrected chi connectivity index (χ4v) is 2.67. The van der Waals surface area contributed by atoms with Crippen molar-refractivity contribution in [3.05, 3.63) is 29.6 Å². The summed E-state index contributed by atoms with van der Waals surface area (Å²) in [5.41, 5.74) is -0.0409. The number of benzene rings is 1. The highest BCUT2D eigenvalue weighted by atomic mass is 19.1. The highest BCUT2D eigenvalue weighted by Crippen LogP contribution is 2.15. The van der Waals surface area contributed by atoms with Crippen LogP contribution in [0.1, 0.15) is 24.2 Å². The molecule has 0 spiro atoms. The Kier molecular flexibility index (Phi) is 5.74. The Morgan fingerprint density at radius 2 is 2.05 bits per heavy atom. The minimum atomic E-state index is -0.707. The van der Waals surface area contributed by atoms with Crippen molar-refractivity contribution in [2.24, 2.45) is 0 Å². The van der Waals surface area contributed by atoms with E-state index in [4.69, 9.17) is 5.11 Å². The summed E-state index contributed by atoms with van der Waals surface area (Å²) in [7, 11) is 0. The highest BCUT2D eigenvalue weighted by molar-refractivity contribution is 5.94. The smallest absolute Gasteiger partial charge is 0.254 e. The van der Waals surface area contributed by atoms with Gasteiger partial charge in [-0.1, -0.05) is 6.92 Å². The van der Waals surface area contributed by atoms with Crippen LogP contribution in [0, 0.1) is 5.82 Å². The molecule has 2 N–H and O–H groups in total. The number of hydrogen-bond acceptors (Lipinski definition) is 4. The van der Waals surface area contributed by atoms with Gasteiger partial charge in [0.05, 0.1) is 5.56 Å². The van der Waals surface area contributed by atoms with E-state index in [-0.39, 0.29) is 17.4 Å². The van der Waals surface area contributed by atoms with E-state index in [9.17, 15) is 9.18 Å². The molecule has 1 saturated heterocycles. The molecule has 1 amide bonds. The summed E-state index contributed by atoms with van der Waals surface area (Å²) >= 11 is 0. The molecule has 5 nitrogen and oxygen atoms in total. The zero-order chi connectivity index (χ0) is 16.1. The number of aromatic hydroxyl groups is 1. The lowest BCUT2D eigenvalue weighted by Crippen LogP contribution is -2.52. The first-order valence-corrected chi connectivity index (χ1v) is 7.74. The Balaban J connectivity index is 1.83. The van der Waals surface area contributed by atoms with Crippen molar-refractivity contribution < 1.29 is 14.3 Å². The largest absolute Gasteiger partial charge is 0.508 e. The lowest BCUT2D eigenvalue weighted by atomic mass is 10.1. The van der Waals surface area contributed by atoms with Gasteiger partial charge in [0.15, 0.2) is 0 Å². The van der Waals surface area contributed by atoms with Crippen molar-refractivity contribution in [2.75, 3.05) is 39.3 Å². The van der Waals surface area contributed by atoms with Crippen molar-refractivity contribution in [3.8, 4) is 5.75 Å². The Labute approximate surface area is 130 Å². The summed E-state index contributed by atoms with van der Waals surface area (Å²) < 4.78 is 13.6. The molecular weight excluding hydrogens is 285 g/mol. The second-order valence-electron chi connectivity index (χ2n) is 5.69. The van der Waals surface area contributed by atoms with Gasteiger partial charge >= 0.3 is 0 Å². The van der Waals surface area contributed by atoms with E-state index < -0.39 is 11.7 Å². The van der Waals surface area contributed by atoms with Gasteiger partial charge in [0.1, 0.15) is 11.6 Å². The molecule has 1 aliphatic heterocycles. The average Bonchev–Trinajstić information content (AvgIpc) is 2.52. The molecule has 122 valence electrons. The van der Waals surface area contributed by atoms with Gasteiger partial charge in [-0.05, 0) is 25.6 Å². The third-order valence-electron chi connectivity index (χ3n) is 4.23. The fraction of sp³-hybridized carbons (Fsp3) is 0.562. The number of piperazine rings is 1. The molecule has 6 heteroatoms. The molecule has 0 radical (unpaired) electrons. The van der Waals surface area contributed by atoms with Crippen LogP contribution in [-0.4, -0.2) is 66.1 Å². The van der Waals surface area contributed by atoms with Gasteiger partial charge in [0.2, 0.25) is 0 Å². The Morgan fingerprint density at radius 1 is 1.36 bits per heavy atom. The van der Waals surface area contributed by atoms with E-state index in [1.54, 1.807) is 0 Å². The number of phenols is 1. The minimum Gasteiger partial charge on any atom is -0.508 e. The summed E-state index contributed by atoms with van der Waals surface area (Å²) in [6, 6.07) is 3.77. The average molecular weight is 309 g/mol. The van der Waals surface area contributed by atoms with Crippen LogP contribution in [0.15, 0.2) is 18.2 Å². The highest BCUT2D eigenvalue weighted by Gasteiger charge is 2.21. The predicted octanol–water partition coefficient (Wildman–Crippen LogP) is 1.29. The molecule has 0 aliphatic carbocycles. The van der Waals surface area contributed by atoms with E-state index in [1.165, 1.54) is 12.1 Å². The van der Waals surface area contributed by atoms with Crippen molar-refractivity contribution in [3.63, 3.8) is 0 Å². The van der Waals surface area contributed by atoms with Gasteiger partial charge in [-0.15, -0.1) is 0 Å². The molecule has 1 fully saturated rings. The molecule has 0 saturated carbocycles. The van der Waals surface area contributed by atoms with Gasteiger partial charge in [0, 0.05) is 44.8 Å². The number of hydrogen-bond donors (Lipinski definition) is 2. The molecule has 2 rings (SSSR count). The topological polar surface area (TPSA) is 55.8 Å². The standard InChI is InChI=1S/C16H24FN3O2/c1-3-19-6-8-20(9-7-19)12(2)11-18-16(22)14-5-4-13(21)10-15(14)17/h4-5,10,12,21H,3,6-9,11H2,1-2H3,(H,18,22)/t12-/m0/s1. The van der Waals surface area contributed by atoms with Crippen molar-refractivity contribution >= 4 is 5.91 Å². The zero-order valence-electron chi connectivity index (χ0n) is 13.2. The molecule has 0 bridgehead atoms. The van der Waals surface area contributed by atoms with Crippen LogP contribution in [0.3, 0.4) is 0 Å². The van der Waals surface area contributed by atoms with Gasteiger partial charge in [-0.2, -0.15) is 0 Å². The number of amides is 1. The number of likely N-dealkylation sites (N-methyl/N-ethyl adjacent to an activating group) is 1. The third-order valence-corrected chi connectivity index (χ3v) is 4.23. The SMILES string of the molecule is CCN1CCN([C@@H](C)CNC(=O)c2ccc(O)cc2F)CC1. The van der Waals surface area contributed by atoms with E-state index in [1.807, 2.05) is 0 Å². The summed E-state index contributed by atoms with van der Waals surface area (Å²) in [6.07, 6.45) is 0. The lowest BCUT2D eigenvalue weighted by Gasteiger charge is -2.37. The number of rotatable bonds is 5. The molecule has 0 unspecified atom stereocenters. The number of nitrogens with zero attached hydrogens (tertiary/aromatic N) is 2. The van der Waals surface area contributed by atoms with E-state index in [0.717, 1.165) is 38.8 Å². The molecule has 1 heterocycles. The van der Waals surface area contributed by atoms with Crippen LogP contribution in [-0.2, 0) is 0 Å². The van der Waals surface area contributed by atoms with Crippen molar-refractivity contribution in [2.45, 2.75) is 19.9 Å². The number of phenolic OH excluding ortho intramolecular Hbond substituents is 1. The first-order valence-electron chi connectivity index (χ1n) is 7.74. The van der Waals surface area contributed by atoms with E-state index in [2.05, 4.69) is 29.0 Å². The van der Waals surface area contributed by atoms with Crippen molar-refractivity contribution in [1.82, 2.24) is 15.1 Å². The fourth-order valence-electron chi connectivity index (χ4n) is 2.67. The first kappa shape index (κ1) is 16.7. The van der Waals surface area contributed by atoms with E-state index in [0.29, 0.717) is 6.54 Å². The Bertz CT molecular complexity index is 516. The van der Waals surface area contributed by atoms with Crippen LogP contribution < -0.4 is 5.32 Å². The summed E-state index contributed by atoms with van der Waals surface area (Å²) in [5, 5.41) is 11.9. The Hall–Kier alpha value is -1.66. The Morgan fingerprint density at radius 3 is 2.64 bits per heavy atom. The minimum absolute atomic E-state index is 0.0409. The van der Waals surface area contributed by atoms with Gasteiger partial charge in [-0.25, -0.2) is 4.39 Å². The third kappa shape index (κ3) is 4.18. The van der Waals surface area contributed by atoms with Crippen molar-refractivity contribution in [1.29, 1.82) is 0 Å². The summed E-state index contributed by atoms with van der Waals surface area (Å²) in [4.78, 5) is 16.7. The number of carbonyl (C=O) groups is 1. The normalized spacial score (nSPS) is 18.1. The number of halogens is 1. The lowest BCUT2D eigenvalue weighted by molar-refractivity contribution is 0.0879. The number of carbonyl (C=O) groups excluding carboxylic acids is 1. The molecule has 0 aromatic heterocycles. The quantitative estimate of drug-likeness (QED) is 0.860.